The molecule has 1 unspecified atom stereocenters. The van der Waals surface area contributed by atoms with Crippen molar-refractivity contribution in [1.82, 2.24) is 20.2 Å². The lowest BCUT2D eigenvalue weighted by atomic mass is 9.94. The summed E-state index contributed by atoms with van der Waals surface area (Å²) in [7, 11) is 3.13. The van der Waals surface area contributed by atoms with E-state index in [1.807, 2.05) is 44.2 Å². The summed E-state index contributed by atoms with van der Waals surface area (Å²) in [4.78, 5) is 13.5. The van der Waals surface area contributed by atoms with Gasteiger partial charge in [0, 0.05) is 5.70 Å². The SMILES string of the molecule is CCOc1ccccc1NC(=O)C1=C(C)Nc2nnnn2C1c1ccc(OC)c(OC)c1. The molecule has 1 aromatic heterocycles. The maximum absolute atomic E-state index is 13.5. The summed E-state index contributed by atoms with van der Waals surface area (Å²) in [5, 5.41) is 18.0. The zero-order valence-electron chi connectivity index (χ0n) is 18.2. The Morgan fingerprint density at radius 1 is 1.12 bits per heavy atom. The number of ether oxygens (including phenoxy) is 3. The molecule has 0 fully saturated rings. The highest BCUT2D eigenvalue weighted by Gasteiger charge is 2.34. The van der Waals surface area contributed by atoms with Crippen molar-refractivity contribution < 1.29 is 19.0 Å². The molecule has 1 amide bonds. The normalized spacial score (nSPS) is 14.9. The van der Waals surface area contributed by atoms with Crippen molar-refractivity contribution in [2.75, 3.05) is 31.5 Å². The Bertz CT molecular complexity index is 1170. The van der Waals surface area contributed by atoms with E-state index in [9.17, 15) is 4.79 Å². The second kappa shape index (κ2) is 8.96. The maximum atomic E-state index is 13.5. The molecular formula is C22H24N6O4. The van der Waals surface area contributed by atoms with Crippen molar-refractivity contribution >= 4 is 17.5 Å². The molecule has 0 saturated carbocycles. The number of anilines is 2. The van der Waals surface area contributed by atoms with Crippen LogP contribution in [0.2, 0.25) is 0 Å². The number of nitrogens with zero attached hydrogens (tertiary/aromatic N) is 4. The lowest BCUT2D eigenvalue weighted by molar-refractivity contribution is -0.113. The van der Waals surface area contributed by atoms with Gasteiger partial charge in [0.1, 0.15) is 11.8 Å². The molecule has 32 heavy (non-hydrogen) atoms. The molecule has 3 aromatic rings. The number of aromatic nitrogens is 4. The molecule has 1 aliphatic heterocycles. The zero-order valence-corrected chi connectivity index (χ0v) is 18.2. The highest BCUT2D eigenvalue weighted by molar-refractivity contribution is 6.06. The van der Waals surface area contributed by atoms with Gasteiger partial charge < -0.3 is 24.8 Å². The number of carbonyl (C=O) groups is 1. The van der Waals surface area contributed by atoms with Gasteiger partial charge in [-0.1, -0.05) is 23.3 Å². The van der Waals surface area contributed by atoms with Crippen LogP contribution >= 0.6 is 0 Å². The Morgan fingerprint density at radius 3 is 2.66 bits per heavy atom. The predicted molar refractivity (Wildman–Crippen MR) is 118 cm³/mol. The fourth-order valence-corrected chi connectivity index (χ4v) is 3.68. The fourth-order valence-electron chi connectivity index (χ4n) is 3.68. The van der Waals surface area contributed by atoms with E-state index in [-0.39, 0.29) is 5.91 Å². The van der Waals surface area contributed by atoms with Crippen LogP contribution in [-0.2, 0) is 4.79 Å². The van der Waals surface area contributed by atoms with Crippen LogP contribution in [0.5, 0.6) is 17.2 Å². The molecule has 166 valence electrons. The Morgan fingerprint density at radius 2 is 1.91 bits per heavy atom. The third-order valence-corrected chi connectivity index (χ3v) is 5.12. The van der Waals surface area contributed by atoms with Gasteiger partial charge in [0.2, 0.25) is 5.95 Å². The van der Waals surface area contributed by atoms with Crippen molar-refractivity contribution in [1.29, 1.82) is 0 Å². The lowest BCUT2D eigenvalue weighted by Crippen LogP contribution is -2.31. The Kier molecular flexibility index (Phi) is 5.93. The number of carbonyl (C=O) groups excluding carboxylic acids is 1. The van der Waals surface area contributed by atoms with Gasteiger partial charge in [0.15, 0.2) is 11.5 Å². The molecule has 0 spiro atoms. The van der Waals surface area contributed by atoms with Crippen LogP contribution in [0.25, 0.3) is 0 Å². The summed E-state index contributed by atoms with van der Waals surface area (Å²) in [5.41, 5.74) is 2.44. The van der Waals surface area contributed by atoms with Crippen molar-refractivity contribution in [3.63, 3.8) is 0 Å². The molecule has 0 bridgehead atoms. The number of tetrazole rings is 1. The van der Waals surface area contributed by atoms with Gasteiger partial charge in [-0.15, -0.1) is 0 Å². The Balaban J connectivity index is 1.77. The number of rotatable bonds is 7. The van der Waals surface area contributed by atoms with Gasteiger partial charge in [0.25, 0.3) is 5.91 Å². The number of hydrogen-bond donors (Lipinski definition) is 2. The molecular weight excluding hydrogens is 412 g/mol. The molecule has 10 nitrogen and oxygen atoms in total. The number of methoxy groups -OCH3 is 2. The van der Waals surface area contributed by atoms with Crippen LogP contribution in [0.4, 0.5) is 11.6 Å². The Hall–Kier alpha value is -4.08. The first-order valence-electron chi connectivity index (χ1n) is 10.1. The minimum absolute atomic E-state index is 0.303. The molecule has 0 aliphatic carbocycles. The number of benzene rings is 2. The average Bonchev–Trinajstić information content (AvgIpc) is 3.27. The minimum atomic E-state index is -0.583. The Labute approximate surface area is 185 Å². The number of para-hydroxylation sites is 2. The first-order valence-corrected chi connectivity index (χ1v) is 10.1. The quantitative estimate of drug-likeness (QED) is 0.581. The first-order chi connectivity index (χ1) is 15.6. The van der Waals surface area contributed by atoms with Crippen molar-refractivity contribution in [3.05, 3.63) is 59.3 Å². The molecule has 2 heterocycles. The van der Waals surface area contributed by atoms with Crippen LogP contribution in [0.1, 0.15) is 25.5 Å². The summed E-state index contributed by atoms with van der Waals surface area (Å²) in [6.45, 7) is 4.19. The predicted octanol–water partition coefficient (Wildman–Crippen LogP) is 3.02. The van der Waals surface area contributed by atoms with Gasteiger partial charge in [0.05, 0.1) is 32.1 Å². The van der Waals surface area contributed by atoms with Gasteiger partial charge in [-0.05, 0) is 54.1 Å². The number of fused-ring (bicyclic) bond motifs is 1. The van der Waals surface area contributed by atoms with E-state index in [4.69, 9.17) is 14.2 Å². The van der Waals surface area contributed by atoms with Crippen LogP contribution in [0.3, 0.4) is 0 Å². The van der Waals surface area contributed by atoms with Gasteiger partial charge in [-0.25, -0.2) is 0 Å². The third kappa shape index (κ3) is 3.82. The number of hydrogen-bond acceptors (Lipinski definition) is 8. The third-order valence-electron chi connectivity index (χ3n) is 5.12. The van der Waals surface area contributed by atoms with Crippen molar-refractivity contribution in [3.8, 4) is 17.2 Å². The summed E-state index contributed by atoms with van der Waals surface area (Å²) in [6, 6.07) is 12.2. The van der Waals surface area contributed by atoms with Crippen LogP contribution in [0, 0.1) is 0 Å². The van der Waals surface area contributed by atoms with E-state index < -0.39 is 6.04 Å². The molecule has 10 heteroatoms. The minimum Gasteiger partial charge on any atom is -0.493 e. The molecule has 0 radical (unpaired) electrons. The monoisotopic (exact) mass is 436 g/mol. The van der Waals surface area contributed by atoms with E-state index in [0.717, 1.165) is 5.56 Å². The molecule has 1 atom stereocenters. The largest absolute Gasteiger partial charge is 0.493 e. The number of allylic oxidation sites excluding steroid dienone is 1. The molecule has 1 aliphatic rings. The second-order valence-electron chi connectivity index (χ2n) is 7.01. The van der Waals surface area contributed by atoms with Crippen LogP contribution in [-0.4, -0.2) is 46.9 Å². The van der Waals surface area contributed by atoms with Gasteiger partial charge in [-0.2, -0.15) is 4.68 Å². The summed E-state index contributed by atoms with van der Waals surface area (Å²) in [5.74, 6) is 1.85. The molecule has 2 aromatic carbocycles. The van der Waals surface area contributed by atoms with Crippen LogP contribution in [0.15, 0.2) is 53.7 Å². The summed E-state index contributed by atoms with van der Waals surface area (Å²) in [6.07, 6.45) is 0. The second-order valence-corrected chi connectivity index (χ2v) is 7.01. The topological polar surface area (TPSA) is 112 Å². The molecule has 2 N–H and O–H groups in total. The highest BCUT2D eigenvalue weighted by Crippen LogP contribution is 2.39. The van der Waals surface area contributed by atoms with Gasteiger partial charge >= 0.3 is 0 Å². The van der Waals surface area contributed by atoms with Crippen molar-refractivity contribution in [2.24, 2.45) is 0 Å². The summed E-state index contributed by atoms with van der Waals surface area (Å²) < 4.78 is 18.0. The first kappa shape index (κ1) is 21.2. The van der Waals surface area contributed by atoms with Gasteiger partial charge in [-0.3, -0.25) is 4.79 Å². The fraction of sp³-hybridized carbons (Fsp3) is 0.273. The average molecular weight is 436 g/mol. The lowest BCUT2D eigenvalue weighted by Gasteiger charge is -2.28. The zero-order chi connectivity index (χ0) is 22.7. The van der Waals surface area contributed by atoms with Crippen molar-refractivity contribution in [2.45, 2.75) is 19.9 Å². The highest BCUT2D eigenvalue weighted by atomic mass is 16.5. The number of amides is 1. The molecule has 4 rings (SSSR count). The van der Waals surface area contributed by atoms with E-state index >= 15 is 0 Å². The summed E-state index contributed by atoms with van der Waals surface area (Å²) >= 11 is 0. The number of nitrogens with one attached hydrogen (secondary N) is 2. The van der Waals surface area contributed by atoms with Crippen LogP contribution < -0.4 is 24.8 Å². The van der Waals surface area contributed by atoms with E-state index in [1.54, 1.807) is 31.0 Å². The smallest absolute Gasteiger partial charge is 0.255 e. The maximum Gasteiger partial charge on any atom is 0.255 e. The standard InChI is InChI=1S/C22H24N6O4/c1-5-32-16-9-7-6-8-15(16)24-21(29)19-13(2)23-22-25-26-27-28(22)20(19)14-10-11-17(30-3)18(12-14)31-4/h6-12,20H,5H2,1-4H3,(H,24,29)(H,23,25,27). The van der Waals surface area contributed by atoms with E-state index in [2.05, 4.69) is 26.2 Å². The molecule has 0 saturated heterocycles. The van der Waals surface area contributed by atoms with E-state index in [1.165, 1.54) is 0 Å². The van der Waals surface area contributed by atoms with E-state index in [0.29, 0.717) is 46.8 Å².